The summed E-state index contributed by atoms with van der Waals surface area (Å²) in [7, 11) is 4.05. The lowest BCUT2D eigenvalue weighted by atomic mass is 9.94. The number of nitrogens with zero attached hydrogens (tertiary/aromatic N) is 1. The van der Waals surface area contributed by atoms with Gasteiger partial charge in [0.2, 0.25) is 5.91 Å². The van der Waals surface area contributed by atoms with Gasteiger partial charge in [-0.25, -0.2) is 4.79 Å². The quantitative estimate of drug-likeness (QED) is 0.466. The summed E-state index contributed by atoms with van der Waals surface area (Å²) in [6, 6.07) is 15.3. The van der Waals surface area contributed by atoms with Crippen LogP contribution in [0.2, 0.25) is 5.02 Å². The molecule has 2 amide bonds. The molecule has 6 nitrogen and oxygen atoms in total. The lowest BCUT2D eigenvalue weighted by Gasteiger charge is -2.17. The Labute approximate surface area is 199 Å². The molecule has 33 heavy (non-hydrogen) atoms. The number of fused-ring (bicyclic) bond motifs is 4. The lowest BCUT2D eigenvalue weighted by molar-refractivity contribution is -0.116. The SMILES string of the molecule is COC(=O)Nc1ccc2c(c1)NC(=O)CCC/C=C(/c1ccc(Cl)cn1)c1cc(P)cc-2c1. The molecule has 3 aromatic rings. The monoisotopic (exact) mass is 479 g/mol. The number of amides is 2. The molecule has 1 aromatic heterocycles. The van der Waals surface area contributed by atoms with Gasteiger partial charge in [0.15, 0.2) is 0 Å². The van der Waals surface area contributed by atoms with Crippen molar-refractivity contribution in [3.8, 4) is 11.1 Å². The van der Waals surface area contributed by atoms with Crippen LogP contribution in [0.4, 0.5) is 16.2 Å². The number of allylic oxidation sites excluding steroid dienone is 1. The van der Waals surface area contributed by atoms with Crippen molar-refractivity contribution in [1.82, 2.24) is 4.98 Å². The van der Waals surface area contributed by atoms with Gasteiger partial charge in [0, 0.05) is 29.4 Å². The highest BCUT2D eigenvalue weighted by molar-refractivity contribution is 7.27. The molecule has 0 radical (unpaired) electrons. The summed E-state index contributed by atoms with van der Waals surface area (Å²) in [5, 5.41) is 7.22. The van der Waals surface area contributed by atoms with Crippen LogP contribution in [0.3, 0.4) is 0 Å². The van der Waals surface area contributed by atoms with Gasteiger partial charge in [0.05, 0.1) is 23.5 Å². The summed E-state index contributed by atoms with van der Waals surface area (Å²) >= 11 is 6.05. The van der Waals surface area contributed by atoms with E-state index >= 15 is 0 Å². The highest BCUT2D eigenvalue weighted by atomic mass is 35.5. The van der Waals surface area contributed by atoms with E-state index in [0.717, 1.165) is 39.7 Å². The predicted octanol–water partition coefficient (Wildman–Crippen LogP) is 5.63. The molecule has 0 fully saturated rings. The summed E-state index contributed by atoms with van der Waals surface area (Å²) in [6.45, 7) is 0. The van der Waals surface area contributed by atoms with E-state index in [-0.39, 0.29) is 5.91 Å². The van der Waals surface area contributed by atoms with Crippen LogP contribution in [0, 0.1) is 0 Å². The number of pyridine rings is 1. The third-order valence-electron chi connectivity index (χ3n) is 5.26. The largest absolute Gasteiger partial charge is 0.453 e. The van der Waals surface area contributed by atoms with Gasteiger partial charge < -0.3 is 10.1 Å². The Balaban J connectivity index is 1.86. The maximum Gasteiger partial charge on any atom is 0.411 e. The molecular weight excluding hydrogens is 457 g/mol. The van der Waals surface area contributed by atoms with E-state index < -0.39 is 6.09 Å². The van der Waals surface area contributed by atoms with Crippen molar-refractivity contribution in [3.05, 3.63) is 77.1 Å². The number of nitrogens with one attached hydrogen (secondary N) is 2. The first-order valence-electron chi connectivity index (χ1n) is 10.5. The molecule has 1 aliphatic heterocycles. The number of benzene rings is 2. The first-order chi connectivity index (χ1) is 15.9. The Bertz CT molecular complexity index is 1240. The van der Waals surface area contributed by atoms with Gasteiger partial charge in [-0.15, -0.1) is 9.24 Å². The third kappa shape index (κ3) is 5.59. The molecule has 168 valence electrons. The minimum Gasteiger partial charge on any atom is -0.453 e. The Morgan fingerprint density at radius 1 is 1.15 bits per heavy atom. The molecule has 0 saturated heterocycles. The molecular formula is C25H23ClN3O3P. The van der Waals surface area contributed by atoms with Crippen LogP contribution in [0.5, 0.6) is 0 Å². The molecule has 1 aliphatic rings. The van der Waals surface area contributed by atoms with Crippen LogP contribution < -0.4 is 15.9 Å². The van der Waals surface area contributed by atoms with Crippen molar-refractivity contribution in [2.45, 2.75) is 19.3 Å². The topological polar surface area (TPSA) is 80.3 Å². The molecule has 8 heteroatoms. The van der Waals surface area contributed by atoms with Crippen molar-refractivity contribution < 1.29 is 14.3 Å². The second kappa shape index (κ2) is 10.2. The van der Waals surface area contributed by atoms with Gasteiger partial charge in [-0.05, 0) is 71.7 Å². The van der Waals surface area contributed by atoms with E-state index in [4.69, 9.17) is 11.6 Å². The van der Waals surface area contributed by atoms with Crippen molar-refractivity contribution in [1.29, 1.82) is 0 Å². The van der Waals surface area contributed by atoms with Crippen LogP contribution in [0.15, 0.2) is 60.8 Å². The van der Waals surface area contributed by atoms with Crippen LogP contribution in [0.25, 0.3) is 16.7 Å². The Morgan fingerprint density at radius 2 is 1.97 bits per heavy atom. The second-order valence-electron chi connectivity index (χ2n) is 7.64. The Morgan fingerprint density at radius 3 is 2.73 bits per heavy atom. The smallest absolute Gasteiger partial charge is 0.411 e. The minimum absolute atomic E-state index is 0.0890. The number of methoxy groups -OCH3 is 1. The number of anilines is 2. The van der Waals surface area contributed by atoms with E-state index in [1.54, 1.807) is 18.3 Å². The standard InChI is InChI=1S/C25H23ClN3O3P/c1-32-25(31)28-18-7-8-21-16-10-15(11-19(33)12-16)20(22-9-6-17(26)14-27-22)4-2-3-5-24(30)29-23(21)13-18/h4,6-14H,2-3,5,33H2,1H3,(H,28,31)(H,29,30)/b20-4+. The number of carbonyl (C=O) groups excluding carboxylic acids is 2. The summed E-state index contributed by atoms with van der Waals surface area (Å²) < 4.78 is 4.68. The first-order valence-corrected chi connectivity index (χ1v) is 11.4. The van der Waals surface area contributed by atoms with Gasteiger partial charge in [-0.3, -0.25) is 15.1 Å². The number of carbonyl (C=O) groups is 2. The van der Waals surface area contributed by atoms with Gasteiger partial charge in [0.1, 0.15) is 0 Å². The molecule has 4 rings (SSSR count). The fourth-order valence-corrected chi connectivity index (χ4v) is 4.21. The number of rotatable bonds is 2. The normalized spacial score (nSPS) is 15.1. The molecule has 0 aliphatic carbocycles. The molecule has 1 unspecified atom stereocenters. The van der Waals surface area contributed by atoms with Gasteiger partial charge in [0.25, 0.3) is 0 Å². The maximum atomic E-state index is 12.7. The summed E-state index contributed by atoms with van der Waals surface area (Å²) in [5.41, 5.74) is 5.74. The highest BCUT2D eigenvalue weighted by Crippen LogP contribution is 2.34. The van der Waals surface area contributed by atoms with E-state index in [1.807, 2.05) is 24.3 Å². The third-order valence-corrected chi connectivity index (χ3v) is 5.82. The van der Waals surface area contributed by atoms with Crippen molar-refractivity contribution >= 4 is 55.1 Å². The van der Waals surface area contributed by atoms with E-state index in [9.17, 15) is 9.59 Å². The molecule has 2 heterocycles. The number of hydrogen-bond acceptors (Lipinski definition) is 4. The summed E-state index contributed by atoms with van der Waals surface area (Å²) in [6.07, 6.45) is 4.96. The van der Waals surface area contributed by atoms with Crippen molar-refractivity contribution in [2.24, 2.45) is 0 Å². The Kier molecular flexibility index (Phi) is 7.07. The molecule has 2 bridgehead atoms. The van der Waals surface area contributed by atoms with E-state index in [1.165, 1.54) is 7.11 Å². The number of hydrogen-bond donors (Lipinski definition) is 2. The average molecular weight is 480 g/mol. The zero-order chi connectivity index (χ0) is 23.4. The predicted molar refractivity (Wildman–Crippen MR) is 136 cm³/mol. The minimum atomic E-state index is -0.575. The van der Waals surface area contributed by atoms with Gasteiger partial charge >= 0.3 is 6.09 Å². The first kappa shape index (κ1) is 23.0. The molecule has 2 N–H and O–H groups in total. The summed E-state index contributed by atoms with van der Waals surface area (Å²) in [4.78, 5) is 28.8. The van der Waals surface area contributed by atoms with E-state index in [2.05, 4.69) is 47.8 Å². The molecule has 2 aromatic carbocycles. The Hall–Kier alpha value is -3.21. The lowest BCUT2D eigenvalue weighted by Crippen LogP contribution is -2.14. The maximum absolute atomic E-state index is 12.7. The highest BCUT2D eigenvalue weighted by Gasteiger charge is 2.16. The van der Waals surface area contributed by atoms with Crippen LogP contribution in [-0.2, 0) is 9.53 Å². The zero-order valence-electron chi connectivity index (χ0n) is 18.0. The van der Waals surface area contributed by atoms with Crippen molar-refractivity contribution in [3.63, 3.8) is 0 Å². The average Bonchev–Trinajstić information content (AvgIpc) is 2.79. The summed E-state index contributed by atoms with van der Waals surface area (Å²) in [5.74, 6) is -0.0890. The molecule has 0 saturated carbocycles. The second-order valence-corrected chi connectivity index (χ2v) is 8.74. The number of ether oxygens (including phenoxy) is 1. The molecule has 0 spiro atoms. The van der Waals surface area contributed by atoms with E-state index in [0.29, 0.717) is 29.2 Å². The van der Waals surface area contributed by atoms with Gasteiger partial charge in [-0.1, -0.05) is 23.7 Å². The fraction of sp³-hybridized carbons (Fsp3) is 0.160. The van der Waals surface area contributed by atoms with Crippen LogP contribution in [-0.4, -0.2) is 24.1 Å². The molecule has 1 atom stereocenters. The number of halogens is 1. The zero-order valence-corrected chi connectivity index (χ0v) is 19.9. The van der Waals surface area contributed by atoms with Crippen LogP contribution in [0.1, 0.15) is 30.5 Å². The fourth-order valence-electron chi connectivity index (χ4n) is 3.74. The van der Waals surface area contributed by atoms with Gasteiger partial charge in [-0.2, -0.15) is 0 Å². The number of aromatic nitrogens is 1. The van der Waals surface area contributed by atoms with Crippen LogP contribution >= 0.6 is 20.8 Å². The van der Waals surface area contributed by atoms with Crippen molar-refractivity contribution in [2.75, 3.05) is 17.7 Å².